The van der Waals surface area contributed by atoms with E-state index in [0.29, 0.717) is 0 Å². The predicted octanol–water partition coefficient (Wildman–Crippen LogP) is -19.5. The van der Waals surface area contributed by atoms with Gasteiger partial charge < -0.3 is 219 Å². The number of hydrogen-bond donors (Lipinski definition) is 32. The molecule has 46 nitrogen and oxygen atoms in total. The SMILES string of the molecule is NC[C@H]1O[C@H](O[C@H]2[C@H](O)[C@@H](O[C@H]3O[C@H](CO)[C@@H](O)[C@H](N)[C@H]3O)[C@H](N)C[C@@H]2N)[C@H](N)C[C@@H]1O.NC[C@H]1O[C@H](O[C@H]2[C@H](O)[C@@H](O[C@H]3O[C@H](CO)[C@@H](O)[C@H](N)[C@H]3O)[C@H](N)C[C@@H]2N)[C@H](N)C[C@@H]1O.NC[C@H]1O[C@H](O[C@H]2[C@H](O)[C@@H](O[C@H]3O[C@H](CO)[C@@H](O)[C@H](N)[C@H]3O)[C@H](N)C[C@@H]2N)[C@H](N)C[C@@H]1O.O=S(=O)(O)O. The third-order valence-corrected chi connectivity index (χ3v) is 19.2. The zero-order valence-electron chi connectivity index (χ0n) is 55.1. The Bertz CT molecular complexity index is 2300. The minimum atomic E-state index is -4.67. The van der Waals surface area contributed by atoms with Crippen LogP contribution in [0.5, 0.6) is 0 Å². The van der Waals surface area contributed by atoms with Crippen LogP contribution in [0, 0.1) is 0 Å². The van der Waals surface area contributed by atoms with Gasteiger partial charge in [0.15, 0.2) is 37.7 Å². The summed E-state index contributed by atoms with van der Waals surface area (Å²) in [4.78, 5) is 0. The molecule has 0 unspecified atom stereocenters. The Kier molecular flexibility index (Phi) is 34.0. The van der Waals surface area contributed by atoms with Crippen LogP contribution < -0.4 is 86.0 Å². The predicted molar refractivity (Wildman–Crippen MR) is 339 cm³/mol. The van der Waals surface area contributed by atoms with Crippen molar-refractivity contribution in [1.82, 2.24) is 0 Å². The van der Waals surface area contributed by atoms with Gasteiger partial charge in [0, 0.05) is 55.9 Å². The fraction of sp³-hybridized carbons (Fsp3) is 1.00. The number of ether oxygens (including phenoxy) is 12. The smallest absolute Gasteiger partial charge is 0.394 e. The number of aliphatic hydroxyl groups excluding tert-OH is 15. The van der Waals surface area contributed by atoms with Gasteiger partial charge in [-0.1, -0.05) is 0 Å². The highest BCUT2D eigenvalue weighted by Crippen LogP contribution is 2.35. The number of hydrogen-bond acceptors (Lipinski definition) is 44. The van der Waals surface area contributed by atoms with Crippen molar-refractivity contribution in [2.45, 2.75) is 295 Å². The summed E-state index contributed by atoms with van der Waals surface area (Å²) in [5.74, 6) is 0. The molecule has 0 radical (unpaired) electrons. The van der Waals surface area contributed by atoms with E-state index in [1.807, 2.05) is 0 Å². The molecule has 3 saturated carbocycles. The Morgan fingerprint density at radius 1 is 0.277 bits per heavy atom. The maximum Gasteiger partial charge on any atom is 0.394 e. The normalized spacial score (nSPS) is 50.7. The van der Waals surface area contributed by atoms with Gasteiger partial charge in [0.2, 0.25) is 0 Å². The van der Waals surface area contributed by atoms with Crippen LogP contribution in [0.15, 0.2) is 0 Å². The molecule has 9 aliphatic rings. The van der Waals surface area contributed by atoms with E-state index < -0.39 is 287 Å². The second kappa shape index (κ2) is 39.0. The zero-order chi connectivity index (χ0) is 75.7. The van der Waals surface area contributed by atoms with Gasteiger partial charge in [-0.05, 0) is 38.5 Å². The molecule has 596 valence electrons. The Labute approximate surface area is 580 Å². The van der Waals surface area contributed by atoms with E-state index in [1.54, 1.807) is 0 Å². The quantitative estimate of drug-likeness (QED) is 0.0567. The average Bonchev–Trinajstić information content (AvgIpc) is 0.793. The second-order valence-electron chi connectivity index (χ2n) is 26.8. The fourth-order valence-corrected chi connectivity index (χ4v) is 13.3. The Morgan fingerprint density at radius 2 is 0.455 bits per heavy atom. The van der Waals surface area contributed by atoms with Crippen molar-refractivity contribution in [1.29, 1.82) is 0 Å². The molecule has 0 amide bonds. The number of rotatable bonds is 18. The van der Waals surface area contributed by atoms with E-state index in [1.165, 1.54) is 0 Å². The fourth-order valence-electron chi connectivity index (χ4n) is 13.3. The molecular weight excluding hydrogens is 1390 g/mol. The summed E-state index contributed by atoms with van der Waals surface area (Å²) in [7, 11) is -4.67. The minimum absolute atomic E-state index is 0.0542. The highest BCUT2D eigenvalue weighted by atomic mass is 32.3. The molecule has 0 aromatic rings. The summed E-state index contributed by atoms with van der Waals surface area (Å²) in [5.41, 5.74) is 89.3. The molecule has 0 aromatic heterocycles. The maximum absolute atomic E-state index is 11.0. The van der Waals surface area contributed by atoms with Crippen molar-refractivity contribution in [3.63, 3.8) is 0 Å². The Balaban J connectivity index is 0.000000230. The molecule has 47 heteroatoms. The Hall–Kier alpha value is -1.81. The summed E-state index contributed by atoms with van der Waals surface area (Å²) in [6.07, 6.45) is -32.3. The van der Waals surface area contributed by atoms with Crippen LogP contribution in [0.3, 0.4) is 0 Å². The van der Waals surface area contributed by atoms with Crippen molar-refractivity contribution < 1.29 is 151 Å². The molecule has 0 bridgehead atoms. The molecule has 0 aromatic carbocycles. The first kappa shape index (κ1) is 88.1. The zero-order valence-corrected chi connectivity index (χ0v) is 55.9. The first-order valence-corrected chi connectivity index (χ1v) is 34.4. The molecular formula is C54H113N15O31S. The van der Waals surface area contributed by atoms with Crippen LogP contribution in [0.1, 0.15) is 38.5 Å². The lowest BCUT2D eigenvalue weighted by atomic mass is 9.84. The Morgan fingerprint density at radius 3 is 0.634 bits per heavy atom. The van der Waals surface area contributed by atoms with E-state index in [-0.39, 0.29) is 58.2 Å². The summed E-state index contributed by atoms with van der Waals surface area (Å²) >= 11 is 0. The molecule has 3 aliphatic carbocycles. The lowest BCUT2D eigenvalue weighted by molar-refractivity contribution is -0.314. The standard InChI is InChI=1S/3C18H37N5O9.H2O4S/c3*19-3-9-8(25)2-7(22)17(29-9)31-15-5(20)1-6(21)16(14(15)28)32-18-13(27)11(23)12(26)10(4-24)30-18;1-5(2,3)4/h3*5-18,24-28H,1-4,19-23H2;(H2,1,2,3,4)/t3*5-,6+,7+,8-,9+,10+,11-,12+,13+,14-,15+,16-,17+,18+;/m000./s1. The molecule has 9 rings (SSSR count). The first-order chi connectivity index (χ1) is 47.2. The van der Waals surface area contributed by atoms with Crippen molar-refractivity contribution in [3.8, 4) is 0 Å². The van der Waals surface area contributed by atoms with E-state index in [0.717, 1.165) is 0 Å². The van der Waals surface area contributed by atoms with Crippen LogP contribution in [0.2, 0.25) is 0 Å². The van der Waals surface area contributed by atoms with Gasteiger partial charge in [-0.3, -0.25) is 9.11 Å². The highest BCUT2D eigenvalue weighted by molar-refractivity contribution is 7.79. The van der Waals surface area contributed by atoms with E-state index >= 15 is 0 Å². The molecule has 101 heavy (non-hydrogen) atoms. The van der Waals surface area contributed by atoms with Crippen LogP contribution in [0.4, 0.5) is 0 Å². The van der Waals surface area contributed by atoms with Gasteiger partial charge in [0.1, 0.15) is 110 Å². The summed E-state index contributed by atoms with van der Waals surface area (Å²) in [6.45, 7) is -1.50. The molecule has 6 heterocycles. The van der Waals surface area contributed by atoms with E-state index in [9.17, 15) is 76.6 Å². The highest BCUT2D eigenvalue weighted by Gasteiger charge is 2.55. The third kappa shape index (κ3) is 22.2. The second-order valence-corrected chi connectivity index (χ2v) is 27.7. The molecule has 6 saturated heterocycles. The van der Waals surface area contributed by atoms with Crippen LogP contribution in [-0.2, 0) is 67.2 Å². The van der Waals surface area contributed by atoms with Gasteiger partial charge in [-0.25, -0.2) is 0 Å². The number of aliphatic hydroxyl groups is 15. The summed E-state index contributed by atoms with van der Waals surface area (Å²) in [5, 5.41) is 152. The molecule has 9 fully saturated rings. The van der Waals surface area contributed by atoms with Crippen molar-refractivity contribution in [2.24, 2.45) is 86.0 Å². The van der Waals surface area contributed by atoms with Gasteiger partial charge in [-0.15, -0.1) is 0 Å². The molecule has 6 aliphatic heterocycles. The first-order valence-electron chi connectivity index (χ1n) is 33.0. The lowest BCUT2D eigenvalue weighted by Crippen LogP contribution is -2.68. The van der Waals surface area contributed by atoms with Gasteiger partial charge in [0.25, 0.3) is 0 Å². The van der Waals surface area contributed by atoms with E-state index in [2.05, 4.69) is 0 Å². The number of nitrogens with two attached hydrogens (primary N) is 15. The monoisotopic (exact) mass is 1500 g/mol. The largest absolute Gasteiger partial charge is 0.394 e. The summed E-state index contributed by atoms with van der Waals surface area (Å²) in [6, 6.07) is -9.80. The summed E-state index contributed by atoms with van der Waals surface area (Å²) < 4.78 is 99.7. The van der Waals surface area contributed by atoms with Gasteiger partial charge in [0.05, 0.1) is 92.7 Å². The van der Waals surface area contributed by atoms with Crippen LogP contribution >= 0.6 is 0 Å². The van der Waals surface area contributed by atoms with Crippen molar-refractivity contribution in [3.05, 3.63) is 0 Å². The van der Waals surface area contributed by atoms with Crippen molar-refractivity contribution >= 4 is 10.4 Å². The third-order valence-electron chi connectivity index (χ3n) is 19.2. The molecule has 0 spiro atoms. The van der Waals surface area contributed by atoms with Gasteiger partial charge in [-0.2, -0.15) is 8.42 Å². The van der Waals surface area contributed by atoms with Crippen LogP contribution in [-0.4, -0.2) is 390 Å². The lowest BCUT2D eigenvalue weighted by Gasteiger charge is -2.47. The molecule has 42 atom stereocenters. The van der Waals surface area contributed by atoms with Crippen molar-refractivity contribution in [2.75, 3.05) is 39.5 Å². The molecule has 47 N–H and O–H groups in total. The average molecular weight is 1500 g/mol. The topological polar surface area (TPSA) is 879 Å². The van der Waals surface area contributed by atoms with Crippen LogP contribution in [0.25, 0.3) is 0 Å². The minimum Gasteiger partial charge on any atom is -0.394 e. The van der Waals surface area contributed by atoms with Gasteiger partial charge >= 0.3 is 10.4 Å². The van der Waals surface area contributed by atoms with E-state index in [4.69, 9.17) is 160 Å². The maximum atomic E-state index is 11.0.